The highest BCUT2D eigenvalue weighted by Gasteiger charge is 2.54. The number of hydrogen-bond donors (Lipinski definition) is 1. The highest BCUT2D eigenvalue weighted by molar-refractivity contribution is 5.66. The van der Waals surface area contributed by atoms with E-state index >= 15 is 0 Å². The molecule has 0 aromatic heterocycles. The topological polar surface area (TPSA) is 37.3 Å². The summed E-state index contributed by atoms with van der Waals surface area (Å²) in [5.41, 5.74) is 3.83. The molecule has 2 heteroatoms. The number of rotatable bonds is 3. The quantitative estimate of drug-likeness (QED) is 0.694. The van der Waals surface area contributed by atoms with Crippen LogP contribution >= 0.6 is 0 Å². The van der Waals surface area contributed by atoms with Crippen LogP contribution < -0.4 is 0 Å². The van der Waals surface area contributed by atoms with Crippen molar-refractivity contribution in [2.45, 2.75) is 65.2 Å². The van der Waals surface area contributed by atoms with Crippen LogP contribution in [0, 0.1) is 28.6 Å². The molecule has 2 nitrogen and oxygen atoms in total. The maximum atomic E-state index is 11.0. The first kappa shape index (κ1) is 16.2. The van der Waals surface area contributed by atoms with Crippen LogP contribution in [0.5, 0.6) is 0 Å². The first-order chi connectivity index (χ1) is 11.4. The van der Waals surface area contributed by atoms with E-state index in [1.54, 1.807) is 11.1 Å². The molecule has 0 heterocycles. The Morgan fingerprint density at radius 1 is 1.29 bits per heavy atom. The summed E-state index contributed by atoms with van der Waals surface area (Å²) < 4.78 is 0. The van der Waals surface area contributed by atoms with Gasteiger partial charge in [0.25, 0.3) is 0 Å². The standard InChI is InChI=1S/C22H30O2/c1-21-13-4-3-5-15(21)6-9-17-18-10-7-16(8-11-20(23)24)22(18,2)14-12-19(17)21/h3,5-6,12,16-18H,4,7-11,13-14H2,1-2H3,(H,23,24)/t16-,17-,18-,21-,22+/m0/s1. The second-order valence-electron chi connectivity index (χ2n) is 8.96. The van der Waals surface area contributed by atoms with Crippen molar-refractivity contribution in [2.24, 2.45) is 28.6 Å². The lowest BCUT2D eigenvalue weighted by Crippen LogP contribution is -2.42. The average Bonchev–Trinajstić information content (AvgIpc) is 2.89. The first-order valence-corrected chi connectivity index (χ1v) is 9.74. The monoisotopic (exact) mass is 326 g/mol. The molecule has 0 saturated heterocycles. The van der Waals surface area contributed by atoms with Crippen LogP contribution in [0.25, 0.3) is 0 Å². The molecule has 0 aromatic carbocycles. The first-order valence-electron chi connectivity index (χ1n) is 9.74. The summed E-state index contributed by atoms with van der Waals surface area (Å²) >= 11 is 0. The average molecular weight is 326 g/mol. The van der Waals surface area contributed by atoms with Gasteiger partial charge in [0, 0.05) is 11.8 Å². The van der Waals surface area contributed by atoms with E-state index in [0.717, 1.165) is 18.8 Å². The van der Waals surface area contributed by atoms with Gasteiger partial charge in [0.2, 0.25) is 0 Å². The van der Waals surface area contributed by atoms with E-state index < -0.39 is 5.97 Å². The molecular weight excluding hydrogens is 296 g/mol. The Labute approximate surface area is 145 Å². The van der Waals surface area contributed by atoms with Crippen molar-refractivity contribution in [2.75, 3.05) is 0 Å². The Kier molecular flexibility index (Phi) is 3.78. The second-order valence-corrected chi connectivity index (χ2v) is 8.96. The molecule has 0 unspecified atom stereocenters. The van der Waals surface area contributed by atoms with Crippen molar-refractivity contribution in [3.63, 3.8) is 0 Å². The molecule has 0 radical (unpaired) electrons. The lowest BCUT2D eigenvalue weighted by Gasteiger charge is -2.52. The van der Waals surface area contributed by atoms with Gasteiger partial charge in [-0.25, -0.2) is 0 Å². The van der Waals surface area contributed by atoms with Crippen LogP contribution in [-0.2, 0) is 4.79 Å². The Balaban J connectivity index is 1.63. The minimum absolute atomic E-state index is 0.262. The van der Waals surface area contributed by atoms with Gasteiger partial charge in [-0.15, -0.1) is 0 Å². The van der Waals surface area contributed by atoms with Gasteiger partial charge in [-0.2, -0.15) is 0 Å². The summed E-state index contributed by atoms with van der Waals surface area (Å²) in [4.78, 5) is 11.0. The Morgan fingerprint density at radius 3 is 2.92 bits per heavy atom. The van der Waals surface area contributed by atoms with Crippen molar-refractivity contribution in [3.8, 4) is 0 Å². The number of allylic oxidation sites excluding steroid dienone is 6. The zero-order chi connectivity index (χ0) is 16.9. The molecule has 24 heavy (non-hydrogen) atoms. The number of carbonyl (C=O) groups is 1. The van der Waals surface area contributed by atoms with Crippen LogP contribution in [0.2, 0.25) is 0 Å². The summed E-state index contributed by atoms with van der Waals surface area (Å²) in [5.74, 6) is 1.39. The van der Waals surface area contributed by atoms with Crippen molar-refractivity contribution in [3.05, 3.63) is 35.5 Å². The summed E-state index contributed by atoms with van der Waals surface area (Å²) in [6, 6.07) is 0. The third-order valence-electron chi connectivity index (χ3n) is 7.93. The molecule has 1 fully saturated rings. The van der Waals surface area contributed by atoms with Crippen molar-refractivity contribution in [1.29, 1.82) is 0 Å². The summed E-state index contributed by atoms with van der Waals surface area (Å²) in [6.45, 7) is 4.91. The number of hydrogen-bond acceptors (Lipinski definition) is 1. The molecule has 0 aromatic rings. The Morgan fingerprint density at radius 2 is 2.12 bits per heavy atom. The minimum atomic E-state index is -0.638. The smallest absolute Gasteiger partial charge is 0.303 e. The van der Waals surface area contributed by atoms with Crippen LogP contribution in [-0.4, -0.2) is 11.1 Å². The zero-order valence-electron chi connectivity index (χ0n) is 15.1. The fourth-order valence-electron chi connectivity index (χ4n) is 6.49. The van der Waals surface area contributed by atoms with Crippen LogP contribution in [0.15, 0.2) is 35.5 Å². The predicted octanol–water partition coefficient (Wildman–Crippen LogP) is 5.52. The second kappa shape index (κ2) is 5.61. The molecule has 1 saturated carbocycles. The normalized spacial score (nSPS) is 43.3. The third kappa shape index (κ3) is 2.25. The molecule has 0 aliphatic heterocycles. The van der Waals surface area contributed by atoms with E-state index in [9.17, 15) is 4.79 Å². The summed E-state index contributed by atoms with van der Waals surface area (Å²) in [6.07, 6.45) is 18.3. The molecule has 1 N–H and O–H groups in total. The van der Waals surface area contributed by atoms with Gasteiger partial charge in [-0.05, 0) is 73.7 Å². The van der Waals surface area contributed by atoms with E-state index in [2.05, 4.69) is 38.2 Å². The van der Waals surface area contributed by atoms with E-state index in [4.69, 9.17) is 5.11 Å². The summed E-state index contributed by atoms with van der Waals surface area (Å²) in [5, 5.41) is 9.08. The van der Waals surface area contributed by atoms with Crippen LogP contribution in [0.3, 0.4) is 0 Å². The lowest BCUT2D eigenvalue weighted by molar-refractivity contribution is -0.137. The van der Waals surface area contributed by atoms with Gasteiger partial charge >= 0.3 is 5.97 Å². The zero-order valence-corrected chi connectivity index (χ0v) is 15.1. The molecule has 130 valence electrons. The van der Waals surface area contributed by atoms with Gasteiger partial charge in [-0.1, -0.05) is 43.7 Å². The van der Waals surface area contributed by atoms with Gasteiger partial charge in [0.15, 0.2) is 0 Å². The maximum Gasteiger partial charge on any atom is 0.303 e. The minimum Gasteiger partial charge on any atom is -0.481 e. The fourth-order valence-corrected chi connectivity index (χ4v) is 6.49. The van der Waals surface area contributed by atoms with E-state index in [-0.39, 0.29) is 5.41 Å². The van der Waals surface area contributed by atoms with E-state index in [0.29, 0.717) is 23.7 Å². The van der Waals surface area contributed by atoms with Gasteiger partial charge in [-0.3, -0.25) is 4.79 Å². The van der Waals surface area contributed by atoms with Crippen molar-refractivity contribution in [1.82, 2.24) is 0 Å². The lowest BCUT2D eigenvalue weighted by atomic mass is 9.52. The van der Waals surface area contributed by atoms with Crippen LogP contribution in [0.1, 0.15) is 65.2 Å². The largest absolute Gasteiger partial charge is 0.481 e. The molecule has 4 aliphatic carbocycles. The van der Waals surface area contributed by atoms with Gasteiger partial charge in [0.05, 0.1) is 0 Å². The third-order valence-corrected chi connectivity index (χ3v) is 7.93. The Hall–Kier alpha value is -1.31. The van der Waals surface area contributed by atoms with Gasteiger partial charge in [0.1, 0.15) is 0 Å². The molecule has 0 amide bonds. The molecule has 4 rings (SSSR count). The van der Waals surface area contributed by atoms with Gasteiger partial charge < -0.3 is 5.11 Å². The number of carboxylic acids is 1. The molecule has 5 atom stereocenters. The number of aliphatic carboxylic acids is 1. The SMILES string of the molecule is C[C@]12CCC=CC1=CC[C@@H]1C2=CC[C@]2(C)[C@H](CCC(=O)O)CC[C@@H]12. The van der Waals surface area contributed by atoms with Crippen molar-refractivity contribution < 1.29 is 9.90 Å². The number of fused-ring (bicyclic) bond motifs is 5. The molecule has 0 spiro atoms. The highest BCUT2D eigenvalue weighted by atomic mass is 16.4. The Bertz CT molecular complexity index is 640. The highest BCUT2D eigenvalue weighted by Crippen LogP contribution is 2.64. The molecule has 0 bridgehead atoms. The fraction of sp³-hybridized carbons (Fsp3) is 0.682. The van der Waals surface area contributed by atoms with Crippen molar-refractivity contribution >= 4 is 5.97 Å². The predicted molar refractivity (Wildman–Crippen MR) is 96.6 cm³/mol. The maximum absolute atomic E-state index is 11.0. The van der Waals surface area contributed by atoms with E-state index in [1.165, 1.54) is 32.1 Å². The molecular formula is C22H30O2. The number of carboxylic acid groups (broad SMARTS) is 1. The molecule has 4 aliphatic rings. The van der Waals surface area contributed by atoms with E-state index in [1.807, 2.05) is 0 Å². The summed E-state index contributed by atoms with van der Waals surface area (Å²) in [7, 11) is 0. The van der Waals surface area contributed by atoms with Crippen LogP contribution in [0.4, 0.5) is 0 Å².